The van der Waals surface area contributed by atoms with Crippen LogP contribution >= 0.6 is 0 Å². The van der Waals surface area contributed by atoms with Gasteiger partial charge in [-0.2, -0.15) is 0 Å². The minimum Gasteiger partial charge on any atom is -0.497 e. The maximum absolute atomic E-state index is 12.1. The van der Waals surface area contributed by atoms with E-state index >= 15 is 0 Å². The van der Waals surface area contributed by atoms with Crippen molar-refractivity contribution in [2.45, 2.75) is 32.5 Å². The monoisotopic (exact) mass is 338 g/mol. The standard InChI is InChI=1S/C20H22N2O3/c1-25-18-6-4-15(5-7-18)19(23)8-9-20(24)22-11-14-2-3-16-12-21-13-17(16)10-14/h2-7,10,21H,8-9,11-13H2,1H3,(H,22,24). The number of fused-ring (bicyclic) bond motifs is 1. The van der Waals surface area contributed by atoms with Crippen molar-refractivity contribution in [3.8, 4) is 5.75 Å². The maximum atomic E-state index is 12.1. The van der Waals surface area contributed by atoms with Crippen LogP contribution in [0, 0.1) is 0 Å². The summed E-state index contributed by atoms with van der Waals surface area (Å²) in [4.78, 5) is 24.1. The van der Waals surface area contributed by atoms with Crippen molar-refractivity contribution in [3.63, 3.8) is 0 Å². The van der Waals surface area contributed by atoms with Crippen LogP contribution in [0.5, 0.6) is 5.75 Å². The average Bonchev–Trinajstić information content (AvgIpc) is 3.12. The molecule has 0 atom stereocenters. The number of methoxy groups -OCH3 is 1. The first-order valence-corrected chi connectivity index (χ1v) is 8.41. The Kier molecular flexibility index (Phi) is 5.46. The van der Waals surface area contributed by atoms with E-state index in [0.717, 1.165) is 18.7 Å². The van der Waals surface area contributed by atoms with Gasteiger partial charge in [0.05, 0.1) is 7.11 Å². The van der Waals surface area contributed by atoms with Crippen molar-refractivity contribution in [2.75, 3.05) is 7.11 Å². The second-order valence-electron chi connectivity index (χ2n) is 6.14. The van der Waals surface area contributed by atoms with Gasteiger partial charge in [-0.15, -0.1) is 0 Å². The van der Waals surface area contributed by atoms with Crippen LogP contribution in [-0.2, 0) is 24.4 Å². The molecule has 2 N–H and O–H groups in total. The molecule has 1 aliphatic heterocycles. The summed E-state index contributed by atoms with van der Waals surface area (Å²) < 4.78 is 5.07. The Labute approximate surface area is 147 Å². The van der Waals surface area contributed by atoms with E-state index < -0.39 is 0 Å². The van der Waals surface area contributed by atoms with Gasteiger partial charge in [-0.05, 0) is 41.0 Å². The molecule has 130 valence electrons. The van der Waals surface area contributed by atoms with Crippen molar-refractivity contribution in [3.05, 3.63) is 64.7 Å². The fraction of sp³-hybridized carbons (Fsp3) is 0.300. The van der Waals surface area contributed by atoms with E-state index in [9.17, 15) is 9.59 Å². The van der Waals surface area contributed by atoms with Crippen LogP contribution in [0.15, 0.2) is 42.5 Å². The second kappa shape index (κ2) is 7.94. The summed E-state index contributed by atoms with van der Waals surface area (Å²) in [6, 6.07) is 13.2. The van der Waals surface area contributed by atoms with Gasteiger partial charge in [-0.3, -0.25) is 9.59 Å². The molecule has 5 heteroatoms. The van der Waals surface area contributed by atoms with Crippen molar-refractivity contribution >= 4 is 11.7 Å². The molecule has 5 nitrogen and oxygen atoms in total. The largest absolute Gasteiger partial charge is 0.497 e. The highest BCUT2D eigenvalue weighted by Crippen LogP contribution is 2.17. The minimum atomic E-state index is -0.111. The average molecular weight is 338 g/mol. The molecule has 2 aromatic rings. The van der Waals surface area contributed by atoms with Crippen LogP contribution < -0.4 is 15.4 Å². The molecule has 0 unspecified atom stereocenters. The summed E-state index contributed by atoms with van der Waals surface area (Å²) in [5, 5.41) is 6.19. The third kappa shape index (κ3) is 4.45. The molecule has 25 heavy (non-hydrogen) atoms. The summed E-state index contributed by atoms with van der Waals surface area (Å²) in [7, 11) is 1.58. The zero-order chi connectivity index (χ0) is 17.6. The molecule has 2 aromatic carbocycles. The molecule has 0 fully saturated rings. The van der Waals surface area contributed by atoms with E-state index in [1.54, 1.807) is 31.4 Å². The van der Waals surface area contributed by atoms with E-state index in [2.05, 4.69) is 22.8 Å². The predicted octanol–water partition coefficient (Wildman–Crippen LogP) is 2.58. The first-order valence-electron chi connectivity index (χ1n) is 8.41. The lowest BCUT2D eigenvalue weighted by molar-refractivity contribution is -0.121. The van der Waals surface area contributed by atoms with Crippen LogP contribution in [0.4, 0.5) is 0 Å². The van der Waals surface area contributed by atoms with E-state index in [1.165, 1.54) is 11.1 Å². The molecule has 1 heterocycles. The number of ketones is 1. The van der Waals surface area contributed by atoms with Gasteiger partial charge in [0.1, 0.15) is 5.75 Å². The van der Waals surface area contributed by atoms with Crippen molar-refractivity contribution < 1.29 is 14.3 Å². The van der Waals surface area contributed by atoms with Crippen molar-refractivity contribution in [2.24, 2.45) is 0 Å². The van der Waals surface area contributed by atoms with E-state index in [1.807, 2.05) is 6.07 Å². The first-order chi connectivity index (χ1) is 12.2. The Bertz CT molecular complexity index is 769. The van der Waals surface area contributed by atoms with E-state index in [4.69, 9.17) is 4.74 Å². The quantitative estimate of drug-likeness (QED) is 0.762. The summed E-state index contributed by atoms with van der Waals surface area (Å²) in [6.45, 7) is 2.28. The summed E-state index contributed by atoms with van der Waals surface area (Å²) in [6.07, 6.45) is 0.392. The smallest absolute Gasteiger partial charge is 0.220 e. The third-order valence-electron chi connectivity index (χ3n) is 4.38. The molecule has 0 aliphatic carbocycles. The third-order valence-corrected chi connectivity index (χ3v) is 4.38. The second-order valence-corrected chi connectivity index (χ2v) is 6.14. The molecule has 0 spiro atoms. The van der Waals surface area contributed by atoms with E-state index in [0.29, 0.717) is 17.9 Å². The lowest BCUT2D eigenvalue weighted by Gasteiger charge is -2.07. The van der Waals surface area contributed by atoms with Gasteiger partial charge in [0, 0.05) is 38.0 Å². The van der Waals surface area contributed by atoms with Gasteiger partial charge in [0.15, 0.2) is 5.78 Å². The Balaban J connectivity index is 1.45. The lowest BCUT2D eigenvalue weighted by atomic mass is 10.1. The fourth-order valence-electron chi connectivity index (χ4n) is 2.90. The van der Waals surface area contributed by atoms with Gasteiger partial charge in [-0.25, -0.2) is 0 Å². The molecule has 1 amide bonds. The molecule has 0 radical (unpaired) electrons. The van der Waals surface area contributed by atoms with Crippen LogP contribution in [0.25, 0.3) is 0 Å². The van der Waals surface area contributed by atoms with Crippen LogP contribution in [0.1, 0.15) is 39.9 Å². The molecular weight excluding hydrogens is 316 g/mol. The topological polar surface area (TPSA) is 67.4 Å². The van der Waals surface area contributed by atoms with Gasteiger partial charge in [0.2, 0.25) is 5.91 Å². The zero-order valence-corrected chi connectivity index (χ0v) is 14.3. The SMILES string of the molecule is COc1ccc(C(=O)CCC(=O)NCc2ccc3c(c2)CNC3)cc1. The minimum absolute atomic E-state index is 0.0404. The summed E-state index contributed by atoms with van der Waals surface area (Å²) >= 11 is 0. The van der Waals surface area contributed by atoms with Crippen molar-refractivity contribution in [1.82, 2.24) is 10.6 Å². The van der Waals surface area contributed by atoms with Crippen molar-refractivity contribution in [1.29, 1.82) is 0 Å². The molecule has 0 aromatic heterocycles. The molecule has 1 aliphatic rings. The number of benzene rings is 2. The van der Waals surface area contributed by atoms with E-state index in [-0.39, 0.29) is 24.5 Å². The fourth-order valence-corrected chi connectivity index (χ4v) is 2.90. The number of Topliss-reactive ketones (excluding diaryl/α,β-unsaturated/α-hetero) is 1. The highest BCUT2D eigenvalue weighted by molar-refractivity contribution is 5.98. The Morgan fingerprint density at radius 3 is 2.56 bits per heavy atom. The predicted molar refractivity (Wildman–Crippen MR) is 95.4 cm³/mol. The zero-order valence-electron chi connectivity index (χ0n) is 14.3. The number of nitrogens with one attached hydrogen (secondary N) is 2. The highest BCUT2D eigenvalue weighted by Gasteiger charge is 2.12. The van der Waals surface area contributed by atoms with Crippen LogP contribution in [0.3, 0.4) is 0 Å². The Morgan fingerprint density at radius 1 is 1.04 bits per heavy atom. The Morgan fingerprint density at radius 2 is 1.80 bits per heavy atom. The molecular formula is C20H22N2O3. The summed E-state index contributed by atoms with van der Waals surface area (Å²) in [5.41, 5.74) is 4.29. The molecule has 3 rings (SSSR count). The molecule has 0 saturated heterocycles. The highest BCUT2D eigenvalue weighted by atomic mass is 16.5. The number of carbonyl (C=O) groups excluding carboxylic acids is 2. The van der Waals surface area contributed by atoms with Gasteiger partial charge >= 0.3 is 0 Å². The molecule has 0 bridgehead atoms. The number of rotatable bonds is 7. The number of hydrogen-bond acceptors (Lipinski definition) is 4. The number of hydrogen-bond donors (Lipinski definition) is 2. The van der Waals surface area contributed by atoms with Crippen LogP contribution in [0.2, 0.25) is 0 Å². The van der Waals surface area contributed by atoms with Gasteiger partial charge < -0.3 is 15.4 Å². The Hall–Kier alpha value is -2.66. The number of amides is 1. The number of carbonyl (C=O) groups is 2. The van der Waals surface area contributed by atoms with Crippen LogP contribution in [-0.4, -0.2) is 18.8 Å². The van der Waals surface area contributed by atoms with Gasteiger partial charge in [-0.1, -0.05) is 18.2 Å². The number of ether oxygens (including phenoxy) is 1. The lowest BCUT2D eigenvalue weighted by Crippen LogP contribution is -2.23. The van der Waals surface area contributed by atoms with Gasteiger partial charge in [0.25, 0.3) is 0 Å². The summed E-state index contributed by atoms with van der Waals surface area (Å²) in [5.74, 6) is 0.556. The normalized spacial score (nSPS) is 12.5. The first kappa shape index (κ1) is 17.2. The maximum Gasteiger partial charge on any atom is 0.220 e. The molecule has 0 saturated carbocycles.